The van der Waals surface area contributed by atoms with Gasteiger partial charge in [0.1, 0.15) is 0 Å². The topological polar surface area (TPSA) is 109 Å². The van der Waals surface area contributed by atoms with Gasteiger partial charge in [0, 0.05) is 33.9 Å². The summed E-state index contributed by atoms with van der Waals surface area (Å²) in [4.78, 5) is 29.1. The van der Waals surface area contributed by atoms with Crippen molar-refractivity contribution >= 4 is 17.1 Å². The van der Waals surface area contributed by atoms with E-state index in [9.17, 15) is 9.59 Å². The molecule has 0 unspecified atom stereocenters. The lowest BCUT2D eigenvalue weighted by Crippen LogP contribution is -2.40. The molecule has 0 aliphatic rings. The SMILES string of the molecule is CCn1c(=O)c2c(nc(NN)n2C)n(CCCOC)c1=O. The Balaban J connectivity index is 2.75. The quantitative estimate of drug-likeness (QED) is 0.412. The number of ether oxygens (including phenoxy) is 1. The molecule has 2 aromatic heterocycles. The highest BCUT2D eigenvalue weighted by Crippen LogP contribution is 2.13. The maximum Gasteiger partial charge on any atom is 0.332 e. The van der Waals surface area contributed by atoms with E-state index in [2.05, 4.69) is 10.4 Å². The van der Waals surface area contributed by atoms with Gasteiger partial charge >= 0.3 is 5.69 Å². The summed E-state index contributed by atoms with van der Waals surface area (Å²) in [5.74, 6) is 5.72. The molecular weight excluding hydrogens is 276 g/mol. The van der Waals surface area contributed by atoms with Gasteiger partial charge < -0.3 is 9.30 Å². The number of imidazole rings is 1. The van der Waals surface area contributed by atoms with Crippen molar-refractivity contribution in [1.29, 1.82) is 0 Å². The third-order valence-electron chi connectivity index (χ3n) is 3.42. The van der Waals surface area contributed by atoms with Gasteiger partial charge in [-0.1, -0.05) is 0 Å². The lowest BCUT2D eigenvalue weighted by atomic mass is 10.4. The number of anilines is 1. The molecule has 0 aliphatic carbocycles. The fourth-order valence-corrected chi connectivity index (χ4v) is 2.34. The van der Waals surface area contributed by atoms with Gasteiger partial charge in [0.25, 0.3) is 5.56 Å². The molecule has 0 bridgehead atoms. The van der Waals surface area contributed by atoms with Crippen LogP contribution in [0.5, 0.6) is 0 Å². The van der Waals surface area contributed by atoms with Crippen molar-refractivity contribution in [2.45, 2.75) is 26.4 Å². The third-order valence-corrected chi connectivity index (χ3v) is 3.42. The number of nitrogens with one attached hydrogen (secondary N) is 1. The van der Waals surface area contributed by atoms with Gasteiger partial charge in [-0.3, -0.25) is 19.4 Å². The van der Waals surface area contributed by atoms with E-state index in [1.54, 1.807) is 25.6 Å². The number of hydrogen-bond acceptors (Lipinski definition) is 6. The van der Waals surface area contributed by atoms with Crippen LogP contribution in [0.2, 0.25) is 0 Å². The van der Waals surface area contributed by atoms with Crippen LogP contribution < -0.4 is 22.5 Å². The molecule has 0 fully saturated rings. The molecule has 0 amide bonds. The van der Waals surface area contributed by atoms with Gasteiger partial charge in [-0.2, -0.15) is 4.98 Å². The Hall–Kier alpha value is -2.13. The van der Waals surface area contributed by atoms with Gasteiger partial charge in [-0.25, -0.2) is 10.6 Å². The average Bonchev–Trinajstić information content (AvgIpc) is 2.80. The minimum absolute atomic E-state index is 0.300. The molecule has 2 heterocycles. The maximum absolute atomic E-state index is 12.4. The zero-order chi connectivity index (χ0) is 15.6. The summed E-state index contributed by atoms with van der Waals surface area (Å²) in [6, 6.07) is 0. The van der Waals surface area contributed by atoms with E-state index in [1.165, 1.54) is 9.13 Å². The van der Waals surface area contributed by atoms with Gasteiger partial charge in [0.05, 0.1) is 0 Å². The lowest BCUT2D eigenvalue weighted by Gasteiger charge is -2.10. The molecule has 3 N–H and O–H groups in total. The zero-order valence-electron chi connectivity index (χ0n) is 12.4. The van der Waals surface area contributed by atoms with Crippen LogP contribution in [0, 0.1) is 0 Å². The van der Waals surface area contributed by atoms with Crippen LogP contribution in [0.4, 0.5) is 5.95 Å². The van der Waals surface area contributed by atoms with E-state index in [1.807, 2.05) is 0 Å². The van der Waals surface area contributed by atoms with E-state index in [4.69, 9.17) is 10.6 Å². The van der Waals surface area contributed by atoms with Gasteiger partial charge in [-0.05, 0) is 13.3 Å². The van der Waals surface area contributed by atoms with Crippen molar-refractivity contribution in [3.63, 3.8) is 0 Å². The van der Waals surface area contributed by atoms with E-state index >= 15 is 0 Å². The van der Waals surface area contributed by atoms with Crippen molar-refractivity contribution < 1.29 is 4.74 Å². The second kappa shape index (κ2) is 6.10. The number of aromatic nitrogens is 4. The van der Waals surface area contributed by atoms with E-state index in [-0.39, 0.29) is 11.2 Å². The number of hydrazine groups is 1. The Labute approximate surface area is 120 Å². The number of nitrogens with zero attached hydrogens (tertiary/aromatic N) is 4. The van der Waals surface area contributed by atoms with Crippen molar-refractivity contribution in [3.05, 3.63) is 20.8 Å². The fourth-order valence-electron chi connectivity index (χ4n) is 2.34. The number of nitrogen functional groups attached to an aromatic ring is 1. The van der Waals surface area contributed by atoms with Crippen molar-refractivity contribution in [2.75, 3.05) is 19.1 Å². The van der Waals surface area contributed by atoms with Crippen LogP contribution in [0.25, 0.3) is 11.2 Å². The molecule has 2 rings (SSSR count). The summed E-state index contributed by atoms with van der Waals surface area (Å²) in [6.07, 6.45) is 0.648. The molecule has 21 heavy (non-hydrogen) atoms. The van der Waals surface area contributed by atoms with Gasteiger partial charge in [0.15, 0.2) is 11.2 Å². The molecule has 0 atom stereocenters. The third kappa shape index (κ3) is 2.45. The van der Waals surface area contributed by atoms with Crippen LogP contribution >= 0.6 is 0 Å². The Bertz CT molecular complexity index is 757. The summed E-state index contributed by atoms with van der Waals surface area (Å²) >= 11 is 0. The van der Waals surface area contributed by atoms with E-state index in [0.29, 0.717) is 43.2 Å². The summed E-state index contributed by atoms with van der Waals surface area (Å²) in [5.41, 5.74) is 2.38. The molecule has 0 aliphatic heterocycles. The number of hydrogen-bond donors (Lipinski definition) is 2. The van der Waals surface area contributed by atoms with E-state index in [0.717, 1.165) is 0 Å². The summed E-state index contributed by atoms with van der Waals surface area (Å²) in [7, 11) is 3.28. The molecule has 0 aromatic carbocycles. The average molecular weight is 296 g/mol. The number of aryl methyl sites for hydroxylation is 2. The number of methoxy groups -OCH3 is 1. The van der Waals surface area contributed by atoms with Crippen LogP contribution in [0.1, 0.15) is 13.3 Å². The lowest BCUT2D eigenvalue weighted by molar-refractivity contribution is 0.190. The van der Waals surface area contributed by atoms with Crippen LogP contribution in [0.3, 0.4) is 0 Å². The molecule has 9 nitrogen and oxygen atoms in total. The van der Waals surface area contributed by atoms with Crippen molar-refractivity contribution in [2.24, 2.45) is 12.9 Å². The second-order valence-corrected chi connectivity index (χ2v) is 4.64. The molecule has 0 radical (unpaired) electrons. The number of nitrogens with two attached hydrogens (primary N) is 1. The predicted molar refractivity (Wildman–Crippen MR) is 79.2 cm³/mol. The Morgan fingerprint density at radius 3 is 2.62 bits per heavy atom. The van der Waals surface area contributed by atoms with Crippen molar-refractivity contribution in [1.82, 2.24) is 18.7 Å². The highest BCUT2D eigenvalue weighted by molar-refractivity contribution is 5.74. The molecule has 0 spiro atoms. The highest BCUT2D eigenvalue weighted by Gasteiger charge is 2.18. The first-order chi connectivity index (χ1) is 10.1. The first kappa shape index (κ1) is 15.3. The Morgan fingerprint density at radius 1 is 1.33 bits per heavy atom. The summed E-state index contributed by atoms with van der Waals surface area (Å²) < 4.78 is 9.23. The molecular formula is C12H20N6O3. The minimum Gasteiger partial charge on any atom is -0.385 e. The maximum atomic E-state index is 12.4. The fraction of sp³-hybridized carbons (Fsp3) is 0.583. The van der Waals surface area contributed by atoms with Crippen LogP contribution in [-0.4, -0.2) is 32.4 Å². The van der Waals surface area contributed by atoms with Crippen molar-refractivity contribution in [3.8, 4) is 0 Å². The highest BCUT2D eigenvalue weighted by atomic mass is 16.5. The summed E-state index contributed by atoms with van der Waals surface area (Å²) in [6.45, 7) is 3.00. The molecule has 116 valence electrons. The number of fused-ring (bicyclic) bond motifs is 1. The predicted octanol–water partition coefficient (Wildman–Crippen LogP) is -0.761. The second-order valence-electron chi connectivity index (χ2n) is 4.64. The zero-order valence-corrected chi connectivity index (χ0v) is 12.4. The molecule has 0 saturated carbocycles. The Morgan fingerprint density at radius 2 is 2.05 bits per heavy atom. The van der Waals surface area contributed by atoms with E-state index < -0.39 is 0 Å². The largest absolute Gasteiger partial charge is 0.385 e. The molecule has 0 saturated heterocycles. The number of rotatable bonds is 6. The monoisotopic (exact) mass is 296 g/mol. The smallest absolute Gasteiger partial charge is 0.332 e. The van der Waals surface area contributed by atoms with Crippen LogP contribution in [-0.2, 0) is 24.9 Å². The molecule has 9 heteroatoms. The first-order valence-corrected chi connectivity index (χ1v) is 6.72. The van der Waals surface area contributed by atoms with Crippen LogP contribution in [0.15, 0.2) is 9.59 Å². The first-order valence-electron chi connectivity index (χ1n) is 6.72. The normalized spacial score (nSPS) is 11.2. The van der Waals surface area contributed by atoms with Gasteiger partial charge in [-0.15, -0.1) is 0 Å². The van der Waals surface area contributed by atoms with Gasteiger partial charge in [0.2, 0.25) is 5.95 Å². The standard InChI is InChI=1S/C12H20N6O3/c1-4-17-10(19)8-9(14-11(15-13)16(8)2)18(12(17)20)6-5-7-21-3/h4-7,13H2,1-3H3,(H,14,15). The minimum atomic E-state index is -0.368. The summed E-state index contributed by atoms with van der Waals surface area (Å²) in [5, 5.41) is 0. The molecule has 2 aromatic rings. The Kier molecular flexibility index (Phi) is 4.43.